The SMILES string of the molecule is O=C(O)c1ccccc1[I+]/C=C(/OS(=O)(=O)C(F)(F)F)c1ccccc1. The molecule has 0 spiro atoms. The molecule has 2 rings (SSSR count). The van der Waals surface area contributed by atoms with E-state index in [0.29, 0.717) is 3.57 Å². The molecule has 2 aromatic carbocycles. The standard InChI is InChI=1S/C16H10F3IO5S/c17-16(18,19)26(23,24)25-14(11-6-2-1-3-7-11)10-20-13-9-5-4-8-12(13)15(21)22/h1-10H/p+1/b14-10+. The molecular formula is C16H11F3IO5S+. The third-order valence-electron chi connectivity index (χ3n) is 2.92. The van der Waals surface area contributed by atoms with Gasteiger partial charge in [0.25, 0.3) is 0 Å². The van der Waals surface area contributed by atoms with Gasteiger partial charge in [-0.05, 0) is 12.1 Å². The van der Waals surface area contributed by atoms with Crippen LogP contribution >= 0.6 is 0 Å². The Labute approximate surface area is 157 Å². The summed E-state index contributed by atoms with van der Waals surface area (Å²) in [4.78, 5) is 11.2. The van der Waals surface area contributed by atoms with Crippen LogP contribution in [-0.4, -0.2) is 25.0 Å². The van der Waals surface area contributed by atoms with Crippen molar-refractivity contribution in [1.29, 1.82) is 0 Å². The monoisotopic (exact) mass is 499 g/mol. The van der Waals surface area contributed by atoms with Gasteiger partial charge in [0, 0.05) is 5.56 Å². The van der Waals surface area contributed by atoms with Gasteiger partial charge >= 0.3 is 42.8 Å². The van der Waals surface area contributed by atoms with E-state index in [1.807, 2.05) is 0 Å². The van der Waals surface area contributed by atoms with Crippen LogP contribution < -0.4 is 21.2 Å². The third-order valence-corrected chi connectivity index (χ3v) is 6.37. The van der Waals surface area contributed by atoms with Crippen LogP contribution in [0.1, 0.15) is 15.9 Å². The Hall–Kier alpha value is -2.08. The van der Waals surface area contributed by atoms with Gasteiger partial charge in [0.05, 0.1) is 0 Å². The highest BCUT2D eigenvalue weighted by Gasteiger charge is 2.49. The number of carbonyl (C=O) groups is 1. The first-order chi connectivity index (χ1) is 12.1. The van der Waals surface area contributed by atoms with Gasteiger partial charge in [-0.1, -0.05) is 42.5 Å². The van der Waals surface area contributed by atoms with Crippen LogP contribution in [0.25, 0.3) is 5.76 Å². The van der Waals surface area contributed by atoms with Crippen LogP contribution in [0.5, 0.6) is 0 Å². The molecule has 138 valence electrons. The van der Waals surface area contributed by atoms with Crippen molar-refractivity contribution in [3.63, 3.8) is 0 Å². The van der Waals surface area contributed by atoms with Crippen molar-refractivity contribution >= 4 is 21.8 Å². The first kappa shape index (κ1) is 20.2. The molecule has 0 saturated carbocycles. The lowest BCUT2D eigenvalue weighted by Gasteiger charge is -2.10. The van der Waals surface area contributed by atoms with Gasteiger partial charge < -0.3 is 9.29 Å². The molecule has 5 nitrogen and oxygen atoms in total. The Morgan fingerprint density at radius 2 is 1.62 bits per heavy atom. The van der Waals surface area contributed by atoms with Crippen molar-refractivity contribution in [2.24, 2.45) is 0 Å². The third kappa shape index (κ3) is 4.97. The molecule has 0 bridgehead atoms. The van der Waals surface area contributed by atoms with Crippen molar-refractivity contribution in [2.45, 2.75) is 5.51 Å². The molecule has 10 heteroatoms. The predicted octanol–water partition coefficient (Wildman–Crippen LogP) is 0.508. The summed E-state index contributed by atoms with van der Waals surface area (Å²) in [6.45, 7) is 0. The molecular weight excluding hydrogens is 488 g/mol. The summed E-state index contributed by atoms with van der Waals surface area (Å²) >= 11 is -1.29. The summed E-state index contributed by atoms with van der Waals surface area (Å²) in [5, 5.41) is 9.16. The highest BCUT2D eigenvalue weighted by atomic mass is 127. The lowest BCUT2D eigenvalue weighted by molar-refractivity contribution is -0.556. The number of carboxylic acid groups (broad SMARTS) is 1. The van der Waals surface area contributed by atoms with Crippen LogP contribution in [0.4, 0.5) is 13.2 Å². The smallest absolute Gasteiger partial charge is 0.478 e. The molecule has 26 heavy (non-hydrogen) atoms. The Bertz CT molecular complexity index is 924. The Morgan fingerprint density at radius 1 is 1.04 bits per heavy atom. The lowest BCUT2D eigenvalue weighted by Crippen LogP contribution is -3.59. The highest BCUT2D eigenvalue weighted by molar-refractivity contribution is 7.87. The van der Waals surface area contributed by atoms with Gasteiger partial charge in [0.2, 0.25) is 7.65 Å². The minimum atomic E-state index is -5.84. The zero-order valence-corrected chi connectivity index (χ0v) is 15.7. The van der Waals surface area contributed by atoms with Crippen LogP contribution in [0.2, 0.25) is 0 Å². The second-order valence-corrected chi connectivity index (χ2v) is 8.66. The van der Waals surface area contributed by atoms with Gasteiger partial charge in [0.1, 0.15) is 5.56 Å². The van der Waals surface area contributed by atoms with E-state index < -0.39 is 48.6 Å². The highest BCUT2D eigenvalue weighted by Crippen LogP contribution is 2.29. The number of carboxylic acids is 1. The topological polar surface area (TPSA) is 80.7 Å². The predicted molar refractivity (Wildman–Crippen MR) is 82.6 cm³/mol. The van der Waals surface area contributed by atoms with Crippen LogP contribution in [-0.2, 0) is 14.3 Å². The van der Waals surface area contributed by atoms with Crippen molar-refractivity contribution in [3.05, 3.63) is 73.4 Å². The molecule has 0 unspecified atom stereocenters. The van der Waals surface area contributed by atoms with Crippen molar-refractivity contribution < 1.29 is 56.9 Å². The maximum Gasteiger partial charge on any atom is 0.534 e. The van der Waals surface area contributed by atoms with Crippen LogP contribution in [0.15, 0.2) is 58.7 Å². The molecule has 0 amide bonds. The lowest BCUT2D eigenvalue weighted by atomic mass is 10.2. The summed E-state index contributed by atoms with van der Waals surface area (Å²) in [5.74, 6) is -1.67. The van der Waals surface area contributed by atoms with Crippen LogP contribution in [0, 0.1) is 3.57 Å². The number of benzene rings is 2. The summed E-state index contributed by atoms with van der Waals surface area (Å²) in [7, 11) is -5.84. The Kier molecular flexibility index (Phi) is 6.29. The maximum atomic E-state index is 12.6. The number of halogens is 4. The normalized spacial score (nSPS) is 12.7. The molecule has 0 saturated heterocycles. The number of hydrogen-bond donors (Lipinski definition) is 1. The van der Waals surface area contributed by atoms with E-state index in [0.717, 1.165) is 0 Å². The molecule has 0 aromatic heterocycles. The fraction of sp³-hybridized carbons (Fsp3) is 0.0625. The Morgan fingerprint density at radius 3 is 2.19 bits per heavy atom. The molecule has 0 radical (unpaired) electrons. The molecule has 1 N–H and O–H groups in total. The number of alkyl halides is 3. The first-order valence-corrected chi connectivity index (χ1v) is 10.6. The fourth-order valence-electron chi connectivity index (χ4n) is 1.74. The van der Waals surface area contributed by atoms with Gasteiger partial charge in [-0.25, -0.2) is 4.79 Å². The zero-order chi connectivity index (χ0) is 19.4. The van der Waals surface area contributed by atoms with Crippen molar-refractivity contribution in [2.75, 3.05) is 0 Å². The summed E-state index contributed by atoms with van der Waals surface area (Å²) in [5.41, 5.74) is -5.44. The summed E-state index contributed by atoms with van der Waals surface area (Å²) in [6, 6.07) is 13.4. The molecule has 0 aliphatic rings. The molecule has 2 aromatic rings. The minimum absolute atomic E-state index is 0.00244. The quantitative estimate of drug-likeness (QED) is 0.271. The van der Waals surface area contributed by atoms with Crippen LogP contribution in [0.3, 0.4) is 0 Å². The van der Waals surface area contributed by atoms with E-state index in [1.54, 1.807) is 12.1 Å². The van der Waals surface area contributed by atoms with E-state index in [2.05, 4.69) is 4.18 Å². The summed E-state index contributed by atoms with van der Waals surface area (Å²) in [6.07, 6.45) is 0. The van der Waals surface area contributed by atoms with Crippen molar-refractivity contribution in [3.8, 4) is 0 Å². The van der Waals surface area contributed by atoms with E-state index in [9.17, 15) is 26.4 Å². The number of hydrogen-bond acceptors (Lipinski definition) is 4. The Balaban J connectivity index is 2.43. The molecule has 0 heterocycles. The first-order valence-electron chi connectivity index (χ1n) is 6.84. The van der Waals surface area contributed by atoms with Gasteiger partial charge in [-0.2, -0.15) is 21.6 Å². The van der Waals surface area contributed by atoms with Gasteiger partial charge in [-0.15, -0.1) is 0 Å². The number of aromatic carboxylic acids is 1. The average Bonchev–Trinajstić information content (AvgIpc) is 2.58. The van der Waals surface area contributed by atoms with Crippen molar-refractivity contribution in [1.82, 2.24) is 0 Å². The molecule has 0 atom stereocenters. The van der Waals surface area contributed by atoms with Gasteiger partial charge in [-0.3, -0.25) is 0 Å². The second-order valence-electron chi connectivity index (χ2n) is 4.72. The zero-order valence-electron chi connectivity index (χ0n) is 12.8. The van der Waals surface area contributed by atoms with E-state index >= 15 is 0 Å². The van der Waals surface area contributed by atoms with E-state index in [4.69, 9.17) is 5.11 Å². The average molecular weight is 499 g/mol. The maximum absolute atomic E-state index is 12.6. The minimum Gasteiger partial charge on any atom is -0.478 e. The van der Waals surface area contributed by atoms with E-state index in [1.165, 1.54) is 46.5 Å². The second kappa shape index (κ2) is 8.08. The van der Waals surface area contributed by atoms with E-state index in [-0.39, 0.29) is 11.1 Å². The molecule has 0 aliphatic heterocycles. The number of rotatable bonds is 6. The molecule has 0 fully saturated rings. The fourth-order valence-corrected chi connectivity index (χ4v) is 4.65. The summed E-state index contributed by atoms with van der Waals surface area (Å²) < 4.78 is 66.5. The van der Waals surface area contributed by atoms with Gasteiger partial charge in [0.15, 0.2) is 5.76 Å². The molecule has 0 aliphatic carbocycles. The largest absolute Gasteiger partial charge is 0.534 e.